The summed E-state index contributed by atoms with van der Waals surface area (Å²) < 4.78 is 5.12. The molecule has 1 saturated carbocycles. The first kappa shape index (κ1) is 12.5. The molecule has 1 fully saturated rings. The molecule has 0 radical (unpaired) electrons. The van der Waals surface area contributed by atoms with Gasteiger partial charge in [-0.05, 0) is 32.2 Å². The maximum atomic E-state index is 11.2. The number of hydrogen-bond acceptors (Lipinski definition) is 3. The third-order valence-corrected chi connectivity index (χ3v) is 2.27. The van der Waals surface area contributed by atoms with Gasteiger partial charge < -0.3 is 15.4 Å². The molecule has 1 aliphatic rings. The Bertz CT molecular complexity index is 181. The van der Waals surface area contributed by atoms with E-state index in [1.54, 1.807) is 0 Å². The van der Waals surface area contributed by atoms with Crippen molar-refractivity contribution in [1.29, 1.82) is 0 Å². The van der Waals surface area contributed by atoms with Gasteiger partial charge in [0.2, 0.25) is 5.91 Å². The van der Waals surface area contributed by atoms with Crippen molar-refractivity contribution >= 4 is 5.91 Å². The average Bonchev–Trinajstić information content (AvgIpc) is 3.02. The first-order chi connectivity index (χ1) is 7.33. The maximum Gasteiger partial charge on any atom is 0.245 e. The van der Waals surface area contributed by atoms with Gasteiger partial charge >= 0.3 is 0 Å². The highest BCUT2D eigenvalue weighted by atomic mass is 16.5. The van der Waals surface area contributed by atoms with Crippen LogP contribution in [0.1, 0.15) is 32.6 Å². The number of hydrogen-bond donors (Lipinski definition) is 2. The molecule has 1 aliphatic carbocycles. The van der Waals surface area contributed by atoms with Crippen LogP contribution >= 0.6 is 0 Å². The summed E-state index contributed by atoms with van der Waals surface area (Å²) in [5, 5.41) is 6.23. The molecule has 0 spiro atoms. The molecule has 4 heteroatoms. The van der Waals surface area contributed by atoms with E-state index in [0.717, 1.165) is 32.0 Å². The minimum absolute atomic E-state index is 0.00475. The van der Waals surface area contributed by atoms with Gasteiger partial charge in [0, 0.05) is 19.2 Å². The summed E-state index contributed by atoms with van der Waals surface area (Å²) in [5.74, 6) is -0.00475. The summed E-state index contributed by atoms with van der Waals surface area (Å²) in [6, 6.07) is 0.758. The lowest BCUT2D eigenvalue weighted by atomic mass is 10.4. The van der Waals surface area contributed by atoms with Crippen LogP contribution in [0.25, 0.3) is 0 Å². The Hall–Kier alpha value is -0.610. The van der Waals surface area contributed by atoms with Gasteiger partial charge in [0.15, 0.2) is 0 Å². The highest BCUT2D eigenvalue weighted by Gasteiger charge is 2.19. The van der Waals surface area contributed by atoms with Crippen LogP contribution in [-0.2, 0) is 9.53 Å². The van der Waals surface area contributed by atoms with Crippen LogP contribution in [0.3, 0.4) is 0 Å². The van der Waals surface area contributed by atoms with Gasteiger partial charge in [-0.1, -0.05) is 6.92 Å². The second-order valence-electron chi connectivity index (χ2n) is 3.98. The predicted octanol–water partition coefficient (Wildman–Crippen LogP) is 0.671. The Balaban J connectivity index is 1.78. The second kappa shape index (κ2) is 7.65. The summed E-state index contributed by atoms with van der Waals surface area (Å²) in [4.78, 5) is 11.2. The quantitative estimate of drug-likeness (QED) is 0.555. The molecule has 15 heavy (non-hydrogen) atoms. The van der Waals surface area contributed by atoms with Gasteiger partial charge in [-0.3, -0.25) is 4.79 Å². The van der Waals surface area contributed by atoms with Crippen LogP contribution < -0.4 is 10.6 Å². The molecule has 0 aliphatic heterocycles. The van der Waals surface area contributed by atoms with Crippen molar-refractivity contribution in [1.82, 2.24) is 10.6 Å². The Morgan fingerprint density at radius 1 is 1.40 bits per heavy atom. The highest BCUT2D eigenvalue weighted by Crippen LogP contribution is 2.18. The third-order valence-electron chi connectivity index (χ3n) is 2.27. The van der Waals surface area contributed by atoms with E-state index in [4.69, 9.17) is 4.74 Å². The standard InChI is InChI=1S/C11H22N2O2/c1-2-8-15-9-11(14)13-7-3-6-12-10-4-5-10/h10,12H,2-9H2,1H3,(H,13,14). The molecule has 88 valence electrons. The highest BCUT2D eigenvalue weighted by molar-refractivity contribution is 5.77. The van der Waals surface area contributed by atoms with E-state index in [1.807, 2.05) is 6.92 Å². The van der Waals surface area contributed by atoms with Crippen molar-refractivity contribution in [2.45, 2.75) is 38.6 Å². The van der Waals surface area contributed by atoms with E-state index in [9.17, 15) is 4.79 Å². The summed E-state index contributed by atoms with van der Waals surface area (Å²) in [5.41, 5.74) is 0. The van der Waals surface area contributed by atoms with Crippen molar-refractivity contribution in [3.8, 4) is 0 Å². The topological polar surface area (TPSA) is 50.4 Å². The first-order valence-corrected chi connectivity index (χ1v) is 5.90. The van der Waals surface area contributed by atoms with Crippen molar-refractivity contribution in [3.05, 3.63) is 0 Å². The van der Waals surface area contributed by atoms with E-state index in [0.29, 0.717) is 6.61 Å². The van der Waals surface area contributed by atoms with Crippen molar-refractivity contribution in [3.63, 3.8) is 0 Å². The van der Waals surface area contributed by atoms with Gasteiger partial charge in [0.05, 0.1) is 0 Å². The number of nitrogens with one attached hydrogen (secondary N) is 2. The number of rotatable bonds is 9. The predicted molar refractivity (Wildman–Crippen MR) is 59.8 cm³/mol. The van der Waals surface area contributed by atoms with E-state index in [2.05, 4.69) is 10.6 Å². The van der Waals surface area contributed by atoms with Gasteiger partial charge in [-0.2, -0.15) is 0 Å². The molecular formula is C11H22N2O2. The van der Waals surface area contributed by atoms with E-state index >= 15 is 0 Å². The number of carbonyl (C=O) groups is 1. The molecule has 0 bridgehead atoms. The lowest BCUT2D eigenvalue weighted by molar-refractivity contribution is -0.125. The smallest absolute Gasteiger partial charge is 0.245 e. The Morgan fingerprint density at radius 2 is 2.20 bits per heavy atom. The summed E-state index contributed by atoms with van der Waals surface area (Å²) in [7, 11) is 0. The number of amides is 1. The van der Waals surface area contributed by atoms with Gasteiger partial charge in [0.25, 0.3) is 0 Å². The normalized spacial score (nSPS) is 15.3. The van der Waals surface area contributed by atoms with Gasteiger partial charge in [-0.15, -0.1) is 0 Å². The maximum absolute atomic E-state index is 11.2. The molecule has 0 aromatic carbocycles. The minimum Gasteiger partial charge on any atom is -0.372 e. The molecule has 0 atom stereocenters. The van der Waals surface area contributed by atoms with E-state index in [-0.39, 0.29) is 12.5 Å². The van der Waals surface area contributed by atoms with E-state index in [1.165, 1.54) is 12.8 Å². The molecule has 1 rings (SSSR count). The van der Waals surface area contributed by atoms with Crippen molar-refractivity contribution < 1.29 is 9.53 Å². The zero-order valence-corrected chi connectivity index (χ0v) is 9.55. The monoisotopic (exact) mass is 214 g/mol. The van der Waals surface area contributed by atoms with Crippen LogP contribution in [0.15, 0.2) is 0 Å². The fourth-order valence-electron chi connectivity index (χ4n) is 1.27. The lowest BCUT2D eigenvalue weighted by Gasteiger charge is -2.06. The zero-order valence-electron chi connectivity index (χ0n) is 9.55. The largest absolute Gasteiger partial charge is 0.372 e. The van der Waals surface area contributed by atoms with Crippen LogP contribution in [0.4, 0.5) is 0 Å². The molecule has 0 aromatic rings. The molecule has 0 saturated heterocycles. The molecular weight excluding hydrogens is 192 g/mol. The Morgan fingerprint density at radius 3 is 2.87 bits per heavy atom. The Labute approximate surface area is 91.8 Å². The SMILES string of the molecule is CCCOCC(=O)NCCCNC1CC1. The lowest BCUT2D eigenvalue weighted by Crippen LogP contribution is -2.30. The molecule has 2 N–H and O–H groups in total. The van der Waals surface area contributed by atoms with Crippen LogP contribution in [0.2, 0.25) is 0 Å². The average molecular weight is 214 g/mol. The molecule has 1 amide bonds. The minimum atomic E-state index is -0.00475. The van der Waals surface area contributed by atoms with Crippen molar-refractivity contribution in [2.24, 2.45) is 0 Å². The molecule has 0 unspecified atom stereocenters. The summed E-state index contributed by atoms with van der Waals surface area (Å²) in [6.45, 7) is 4.64. The second-order valence-corrected chi connectivity index (χ2v) is 3.98. The fourth-order valence-corrected chi connectivity index (χ4v) is 1.27. The van der Waals surface area contributed by atoms with Crippen LogP contribution in [0.5, 0.6) is 0 Å². The van der Waals surface area contributed by atoms with Crippen molar-refractivity contribution in [2.75, 3.05) is 26.3 Å². The number of ether oxygens (including phenoxy) is 1. The Kier molecular flexibility index (Phi) is 6.36. The summed E-state index contributed by atoms with van der Waals surface area (Å²) >= 11 is 0. The van der Waals surface area contributed by atoms with Crippen LogP contribution in [0, 0.1) is 0 Å². The molecule has 0 heterocycles. The summed E-state index contributed by atoms with van der Waals surface area (Å²) in [6.07, 6.45) is 4.59. The van der Waals surface area contributed by atoms with E-state index < -0.39 is 0 Å². The third kappa shape index (κ3) is 7.33. The van der Waals surface area contributed by atoms with Gasteiger partial charge in [0.1, 0.15) is 6.61 Å². The molecule has 0 aromatic heterocycles. The number of carbonyl (C=O) groups excluding carboxylic acids is 1. The first-order valence-electron chi connectivity index (χ1n) is 5.90. The molecule has 4 nitrogen and oxygen atoms in total. The van der Waals surface area contributed by atoms with Gasteiger partial charge in [-0.25, -0.2) is 0 Å². The fraction of sp³-hybridized carbons (Fsp3) is 0.909. The van der Waals surface area contributed by atoms with Crippen LogP contribution in [-0.4, -0.2) is 38.3 Å². The zero-order chi connectivity index (χ0) is 10.9.